The Bertz CT molecular complexity index is 783. The van der Waals surface area contributed by atoms with E-state index in [0.717, 1.165) is 12.1 Å². The molecule has 2 saturated heterocycles. The van der Waals surface area contributed by atoms with Crippen molar-refractivity contribution in [1.29, 1.82) is 0 Å². The lowest BCUT2D eigenvalue weighted by Crippen LogP contribution is -2.62. The van der Waals surface area contributed by atoms with Crippen LogP contribution in [0.4, 0.5) is 14.5 Å². The highest BCUT2D eigenvalue weighted by Gasteiger charge is 2.42. The van der Waals surface area contributed by atoms with Gasteiger partial charge in [-0.2, -0.15) is 17.4 Å². The van der Waals surface area contributed by atoms with E-state index in [1.54, 1.807) is 6.92 Å². The molecule has 2 heterocycles. The standard InChI is InChI=1S/C15H19F2N3O4S/c1-15(8-24-9-15)19-25(22,23)20-5-4-10(7-20)14(21)18-11-2-3-12(16)13(17)6-11/h2-3,6,10,19H,4-5,7-9H2,1H3,(H,18,21). The number of rotatable bonds is 5. The van der Waals surface area contributed by atoms with Crippen molar-refractivity contribution < 1.29 is 26.7 Å². The Morgan fingerprint density at radius 1 is 1.32 bits per heavy atom. The van der Waals surface area contributed by atoms with E-state index in [1.165, 1.54) is 10.4 Å². The summed E-state index contributed by atoms with van der Waals surface area (Å²) in [6.07, 6.45) is 0.351. The zero-order chi connectivity index (χ0) is 18.2. The maximum atomic E-state index is 13.2. The summed E-state index contributed by atoms with van der Waals surface area (Å²) in [6.45, 7) is 2.60. The molecule has 2 aliphatic rings. The van der Waals surface area contributed by atoms with Gasteiger partial charge < -0.3 is 10.1 Å². The van der Waals surface area contributed by atoms with Gasteiger partial charge in [-0.05, 0) is 25.5 Å². The fraction of sp³-hybridized carbons (Fsp3) is 0.533. The summed E-state index contributed by atoms with van der Waals surface area (Å²) in [5, 5.41) is 2.49. The highest BCUT2D eigenvalue weighted by atomic mass is 32.2. The molecular formula is C15H19F2N3O4S. The molecule has 1 aromatic rings. The van der Waals surface area contributed by atoms with Gasteiger partial charge in [-0.25, -0.2) is 8.78 Å². The van der Waals surface area contributed by atoms with Crippen molar-refractivity contribution >= 4 is 21.8 Å². The molecular weight excluding hydrogens is 356 g/mol. The molecule has 0 bridgehead atoms. The minimum Gasteiger partial charge on any atom is -0.377 e. The van der Waals surface area contributed by atoms with Crippen molar-refractivity contribution in [3.63, 3.8) is 0 Å². The van der Waals surface area contributed by atoms with Gasteiger partial charge in [0.05, 0.1) is 24.7 Å². The lowest BCUT2D eigenvalue weighted by molar-refractivity contribution is -0.119. The van der Waals surface area contributed by atoms with Crippen LogP contribution in [0.2, 0.25) is 0 Å². The molecule has 2 fully saturated rings. The third kappa shape index (κ3) is 3.97. The number of amides is 1. The summed E-state index contributed by atoms with van der Waals surface area (Å²) in [6, 6.07) is 3.05. The predicted octanol–water partition coefficient (Wildman–Crippen LogP) is 0.848. The average Bonchev–Trinajstić information content (AvgIpc) is 3.00. The van der Waals surface area contributed by atoms with E-state index in [0.29, 0.717) is 19.6 Å². The SMILES string of the molecule is CC1(NS(=O)(=O)N2CCC(C(=O)Nc3ccc(F)c(F)c3)C2)COC1. The number of benzene rings is 1. The second-order valence-electron chi connectivity index (χ2n) is 6.62. The first-order valence-electron chi connectivity index (χ1n) is 7.81. The van der Waals surface area contributed by atoms with Crippen molar-refractivity contribution in [1.82, 2.24) is 9.03 Å². The molecule has 0 saturated carbocycles. The van der Waals surface area contributed by atoms with Crippen LogP contribution in [-0.2, 0) is 19.7 Å². The number of halogens is 2. The molecule has 138 valence electrons. The van der Waals surface area contributed by atoms with Gasteiger partial charge >= 0.3 is 0 Å². The molecule has 3 rings (SSSR count). The van der Waals surface area contributed by atoms with E-state index in [9.17, 15) is 22.0 Å². The first kappa shape index (κ1) is 18.2. The van der Waals surface area contributed by atoms with E-state index < -0.39 is 39.2 Å². The topological polar surface area (TPSA) is 87.7 Å². The van der Waals surface area contributed by atoms with Crippen molar-refractivity contribution in [3.05, 3.63) is 29.8 Å². The fourth-order valence-corrected chi connectivity index (χ4v) is 4.41. The third-order valence-electron chi connectivity index (χ3n) is 4.27. The summed E-state index contributed by atoms with van der Waals surface area (Å²) in [7, 11) is -3.72. The lowest BCUT2D eigenvalue weighted by Gasteiger charge is -2.39. The molecule has 0 radical (unpaired) electrons. The van der Waals surface area contributed by atoms with Gasteiger partial charge in [0.1, 0.15) is 0 Å². The molecule has 1 atom stereocenters. The minimum absolute atomic E-state index is 0.0295. The maximum Gasteiger partial charge on any atom is 0.280 e. The largest absolute Gasteiger partial charge is 0.377 e. The summed E-state index contributed by atoms with van der Waals surface area (Å²) in [4.78, 5) is 12.2. The van der Waals surface area contributed by atoms with Crippen molar-refractivity contribution in [3.8, 4) is 0 Å². The van der Waals surface area contributed by atoms with Crippen molar-refractivity contribution in [2.45, 2.75) is 18.9 Å². The number of nitrogens with zero attached hydrogens (tertiary/aromatic N) is 1. The number of anilines is 1. The van der Waals surface area contributed by atoms with E-state index in [4.69, 9.17) is 4.74 Å². The van der Waals surface area contributed by atoms with Crippen LogP contribution in [0.15, 0.2) is 18.2 Å². The van der Waals surface area contributed by atoms with Crippen molar-refractivity contribution in [2.24, 2.45) is 5.92 Å². The first-order valence-corrected chi connectivity index (χ1v) is 9.25. The molecule has 7 nitrogen and oxygen atoms in total. The van der Waals surface area contributed by atoms with Crippen LogP contribution in [0.1, 0.15) is 13.3 Å². The summed E-state index contributed by atoms with van der Waals surface area (Å²) < 4.78 is 59.7. The van der Waals surface area contributed by atoms with Crippen LogP contribution in [0, 0.1) is 17.6 Å². The van der Waals surface area contributed by atoms with E-state index in [-0.39, 0.29) is 18.8 Å². The van der Waals surface area contributed by atoms with Gasteiger partial charge in [-0.1, -0.05) is 0 Å². The van der Waals surface area contributed by atoms with E-state index >= 15 is 0 Å². The molecule has 1 aromatic carbocycles. The predicted molar refractivity (Wildman–Crippen MR) is 85.9 cm³/mol. The van der Waals surface area contributed by atoms with Crippen LogP contribution in [0.25, 0.3) is 0 Å². The summed E-state index contributed by atoms with van der Waals surface area (Å²) in [5.74, 6) is -3.05. The Labute approximate surface area is 144 Å². The number of carbonyl (C=O) groups excluding carboxylic acids is 1. The Balaban J connectivity index is 1.60. The number of nitrogens with one attached hydrogen (secondary N) is 2. The average molecular weight is 375 g/mol. The molecule has 0 aliphatic carbocycles. The molecule has 0 aromatic heterocycles. The van der Waals surface area contributed by atoms with Gasteiger partial charge in [0.15, 0.2) is 11.6 Å². The second kappa shape index (κ2) is 6.60. The molecule has 1 unspecified atom stereocenters. The molecule has 1 amide bonds. The molecule has 10 heteroatoms. The Hall–Kier alpha value is -1.62. The smallest absolute Gasteiger partial charge is 0.280 e. The van der Waals surface area contributed by atoms with Crippen LogP contribution in [0.5, 0.6) is 0 Å². The monoisotopic (exact) mass is 375 g/mol. The minimum atomic E-state index is -3.72. The van der Waals surface area contributed by atoms with Gasteiger partial charge in [0, 0.05) is 24.8 Å². The van der Waals surface area contributed by atoms with Gasteiger partial charge in [0.2, 0.25) is 5.91 Å². The quantitative estimate of drug-likeness (QED) is 0.799. The van der Waals surface area contributed by atoms with Gasteiger partial charge in [0.25, 0.3) is 10.2 Å². The molecule has 25 heavy (non-hydrogen) atoms. The number of ether oxygens (including phenoxy) is 1. The Morgan fingerprint density at radius 3 is 2.64 bits per heavy atom. The molecule has 0 spiro atoms. The van der Waals surface area contributed by atoms with Crippen LogP contribution in [-0.4, -0.2) is 50.5 Å². The fourth-order valence-electron chi connectivity index (χ4n) is 2.82. The Kier molecular flexibility index (Phi) is 4.80. The zero-order valence-corrected chi connectivity index (χ0v) is 14.4. The van der Waals surface area contributed by atoms with Crippen LogP contribution >= 0.6 is 0 Å². The van der Waals surface area contributed by atoms with E-state index in [2.05, 4.69) is 10.0 Å². The maximum absolute atomic E-state index is 13.2. The molecule has 2 N–H and O–H groups in total. The van der Waals surface area contributed by atoms with Crippen LogP contribution < -0.4 is 10.0 Å². The summed E-state index contributed by atoms with van der Waals surface area (Å²) >= 11 is 0. The van der Waals surface area contributed by atoms with Gasteiger partial charge in [-0.3, -0.25) is 4.79 Å². The highest BCUT2D eigenvalue weighted by Crippen LogP contribution is 2.24. The van der Waals surface area contributed by atoms with Gasteiger partial charge in [-0.15, -0.1) is 0 Å². The molecule has 2 aliphatic heterocycles. The summed E-state index contributed by atoms with van der Waals surface area (Å²) in [5.41, 5.74) is -0.493. The lowest BCUT2D eigenvalue weighted by atomic mass is 10.0. The Morgan fingerprint density at radius 2 is 2.04 bits per heavy atom. The first-order chi connectivity index (χ1) is 11.7. The van der Waals surface area contributed by atoms with Crippen molar-refractivity contribution in [2.75, 3.05) is 31.6 Å². The van der Waals surface area contributed by atoms with E-state index in [1.807, 2.05) is 0 Å². The number of carbonyl (C=O) groups is 1. The van der Waals surface area contributed by atoms with Crippen LogP contribution in [0.3, 0.4) is 0 Å². The highest BCUT2D eigenvalue weighted by molar-refractivity contribution is 7.87. The number of hydrogen-bond donors (Lipinski definition) is 2. The zero-order valence-electron chi connectivity index (χ0n) is 13.6. The number of hydrogen-bond acceptors (Lipinski definition) is 4. The normalized spacial score (nSPS) is 23.2. The third-order valence-corrected chi connectivity index (χ3v) is 6.03. The second-order valence-corrected chi connectivity index (χ2v) is 8.29.